The predicted octanol–water partition coefficient (Wildman–Crippen LogP) is 7.90. The Balaban J connectivity index is 2.07. The largest absolute Gasteiger partial charge is 0.507 e. The first kappa shape index (κ1) is 17.9. The first-order valence-electron chi connectivity index (χ1n) is 7.58. The van der Waals surface area contributed by atoms with Crippen LogP contribution in [0.1, 0.15) is 0 Å². The zero-order valence-corrected chi connectivity index (χ0v) is 17.7. The Morgan fingerprint density at radius 3 is 1.35 bits per heavy atom. The first-order valence-corrected chi connectivity index (χ1v) is 9.93. The van der Waals surface area contributed by atoms with Crippen molar-refractivity contribution in [1.82, 2.24) is 0 Å². The number of hydrogen-bond acceptors (Lipinski definition) is 2. The summed E-state index contributed by atoms with van der Waals surface area (Å²) in [6, 6.07) is 14.1. The van der Waals surface area contributed by atoms with Gasteiger partial charge in [-0.2, -0.15) is 0 Å². The van der Waals surface area contributed by atoms with Crippen LogP contribution in [0.2, 0.25) is 10.0 Å². The summed E-state index contributed by atoms with van der Waals surface area (Å²) in [7, 11) is 0. The van der Waals surface area contributed by atoms with E-state index in [1.54, 1.807) is 48.5 Å². The van der Waals surface area contributed by atoms with Crippen molar-refractivity contribution < 1.29 is 10.2 Å². The monoisotopic (exact) mass is 510 g/mol. The second-order valence-corrected chi connectivity index (χ2v) is 8.47. The summed E-state index contributed by atoms with van der Waals surface area (Å²) in [5.74, 6) is 0.158. The van der Waals surface area contributed by atoms with Gasteiger partial charge in [-0.1, -0.05) is 55.1 Å². The highest BCUT2D eigenvalue weighted by Crippen LogP contribution is 2.47. The van der Waals surface area contributed by atoms with Crippen molar-refractivity contribution in [3.05, 3.63) is 67.5 Å². The number of rotatable bonds is 1. The molecule has 0 aliphatic carbocycles. The second-order valence-electron chi connectivity index (χ2n) is 5.89. The summed E-state index contributed by atoms with van der Waals surface area (Å²) in [5.41, 5.74) is 1.03. The van der Waals surface area contributed by atoms with Crippen molar-refractivity contribution in [2.45, 2.75) is 0 Å². The molecule has 6 heteroatoms. The fourth-order valence-corrected chi connectivity index (χ4v) is 4.55. The zero-order chi connectivity index (χ0) is 18.6. The van der Waals surface area contributed by atoms with Crippen molar-refractivity contribution in [2.24, 2.45) is 0 Å². The van der Waals surface area contributed by atoms with Crippen LogP contribution >= 0.6 is 55.1 Å². The number of phenolic OH excluding ortho intramolecular Hbond substituents is 2. The molecule has 0 heterocycles. The third-order valence-electron chi connectivity index (χ3n) is 4.33. The van der Waals surface area contributed by atoms with E-state index in [0.717, 1.165) is 19.7 Å². The summed E-state index contributed by atoms with van der Waals surface area (Å²) in [6.45, 7) is 0. The summed E-state index contributed by atoms with van der Waals surface area (Å²) in [5, 5.41) is 25.7. The Morgan fingerprint density at radius 1 is 0.577 bits per heavy atom. The molecular weight excluding hydrogens is 503 g/mol. The van der Waals surface area contributed by atoms with Crippen LogP contribution in [0.5, 0.6) is 11.5 Å². The minimum atomic E-state index is 0.0791. The number of fused-ring (bicyclic) bond motifs is 2. The first-order chi connectivity index (χ1) is 12.4. The molecule has 26 heavy (non-hydrogen) atoms. The summed E-state index contributed by atoms with van der Waals surface area (Å²) in [4.78, 5) is 0. The van der Waals surface area contributed by atoms with Gasteiger partial charge in [-0.25, -0.2) is 0 Å². The van der Waals surface area contributed by atoms with Gasteiger partial charge in [0.1, 0.15) is 11.5 Å². The molecule has 130 valence electrons. The van der Waals surface area contributed by atoms with Gasteiger partial charge >= 0.3 is 0 Å². The fourth-order valence-electron chi connectivity index (χ4n) is 3.09. The number of hydrogen-bond donors (Lipinski definition) is 2. The van der Waals surface area contributed by atoms with E-state index < -0.39 is 0 Å². The molecule has 0 radical (unpaired) electrons. The van der Waals surface area contributed by atoms with E-state index >= 15 is 0 Å². The molecular formula is C20H10Br2Cl2O2. The maximum atomic E-state index is 10.8. The molecule has 4 aromatic rings. The molecule has 0 unspecified atom stereocenters. The van der Waals surface area contributed by atoms with Crippen LogP contribution in [0.25, 0.3) is 32.7 Å². The lowest BCUT2D eigenvalue weighted by atomic mass is 9.96. The van der Waals surface area contributed by atoms with Crippen molar-refractivity contribution in [3.63, 3.8) is 0 Å². The molecule has 0 aromatic heterocycles. The quantitative estimate of drug-likeness (QED) is 0.272. The third-order valence-corrected chi connectivity index (χ3v) is 6.11. The van der Waals surface area contributed by atoms with E-state index in [2.05, 4.69) is 31.9 Å². The van der Waals surface area contributed by atoms with E-state index in [1.165, 1.54) is 0 Å². The van der Waals surface area contributed by atoms with Crippen LogP contribution in [0.15, 0.2) is 57.5 Å². The van der Waals surface area contributed by atoms with Gasteiger partial charge in [-0.3, -0.25) is 0 Å². The van der Waals surface area contributed by atoms with Crippen LogP contribution in [0.3, 0.4) is 0 Å². The molecule has 2 nitrogen and oxygen atoms in total. The van der Waals surface area contributed by atoms with Crippen molar-refractivity contribution >= 4 is 76.6 Å². The Hall–Kier alpha value is -1.46. The minimum absolute atomic E-state index is 0.0791. The van der Waals surface area contributed by atoms with Gasteiger partial charge in [-0.05, 0) is 48.5 Å². The van der Waals surface area contributed by atoms with Crippen LogP contribution < -0.4 is 0 Å². The zero-order valence-electron chi connectivity index (χ0n) is 13.0. The Bertz CT molecular complexity index is 1110. The van der Waals surface area contributed by atoms with Crippen LogP contribution in [-0.2, 0) is 0 Å². The Labute approximate surface area is 176 Å². The maximum absolute atomic E-state index is 10.8. The van der Waals surface area contributed by atoms with Gasteiger partial charge in [0.05, 0.1) is 0 Å². The average Bonchev–Trinajstić information content (AvgIpc) is 2.61. The van der Waals surface area contributed by atoms with Crippen molar-refractivity contribution in [1.29, 1.82) is 0 Å². The normalized spacial score (nSPS) is 11.4. The molecule has 0 spiro atoms. The van der Waals surface area contributed by atoms with E-state index in [0.29, 0.717) is 31.9 Å². The molecule has 0 aliphatic heterocycles. The molecule has 0 bridgehead atoms. The summed E-state index contributed by atoms with van der Waals surface area (Å²) < 4.78 is 1.55. The van der Waals surface area contributed by atoms with Gasteiger partial charge in [0.2, 0.25) is 0 Å². The average molecular weight is 513 g/mol. The maximum Gasteiger partial charge on any atom is 0.131 e. The molecule has 0 saturated heterocycles. The highest BCUT2D eigenvalue weighted by Gasteiger charge is 2.18. The van der Waals surface area contributed by atoms with Crippen molar-refractivity contribution in [3.8, 4) is 22.6 Å². The Morgan fingerprint density at radius 2 is 0.962 bits per heavy atom. The molecule has 0 amide bonds. The van der Waals surface area contributed by atoms with E-state index in [1.807, 2.05) is 0 Å². The summed E-state index contributed by atoms with van der Waals surface area (Å²) >= 11 is 19.2. The molecule has 0 fully saturated rings. The number of benzene rings is 4. The van der Waals surface area contributed by atoms with Gasteiger partial charge in [0, 0.05) is 51.7 Å². The van der Waals surface area contributed by atoms with E-state index in [-0.39, 0.29) is 11.5 Å². The Kier molecular flexibility index (Phi) is 4.56. The van der Waals surface area contributed by atoms with Gasteiger partial charge in [0.25, 0.3) is 0 Å². The second kappa shape index (κ2) is 6.61. The van der Waals surface area contributed by atoms with E-state index in [4.69, 9.17) is 23.2 Å². The van der Waals surface area contributed by atoms with Crippen molar-refractivity contribution in [2.75, 3.05) is 0 Å². The smallest absolute Gasteiger partial charge is 0.131 e. The highest BCUT2D eigenvalue weighted by molar-refractivity contribution is 9.11. The molecule has 4 aromatic carbocycles. The number of halogens is 4. The molecule has 0 atom stereocenters. The third kappa shape index (κ3) is 2.85. The van der Waals surface area contributed by atoms with Gasteiger partial charge < -0.3 is 10.2 Å². The van der Waals surface area contributed by atoms with E-state index in [9.17, 15) is 10.2 Å². The standard InChI is InChI=1S/C20H10Br2Cl2O2/c21-17-7-15(19(25)11-3-1-9(23)5-13(11)17)16-8-18(22)14-6-10(24)2-4-12(14)20(16)26/h1-8,25-26H. The van der Waals surface area contributed by atoms with Gasteiger partial charge in [-0.15, -0.1) is 0 Å². The number of aromatic hydroxyl groups is 2. The molecule has 0 aliphatic rings. The fraction of sp³-hybridized carbons (Fsp3) is 0. The topological polar surface area (TPSA) is 40.5 Å². The predicted molar refractivity (Wildman–Crippen MR) is 116 cm³/mol. The van der Waals surface area contributed by atoms with Crippen LogP contribution in [-0.4, -0.2) is 10.2 Å². The molecule has 2 N–H and O–H groups in total. The summed E-state index contributed by atoms with van der Waals surface area (Å²) in [6.07, 6.45) is 0. The highest BCUT2D eigenvalue weighted by atomic mass is 79.9. The molecule has 4 rings (SSSR count). The van der Waals surface area contributed by atoms with Gasteiger partial charge in [0.15, 0.2) is 0 Å². The van der Waals surface area contributed by atoms with Crippen LogP contribution in [0.4, 0.5) is 0 Å². The number of phenols is 2. The SMILES string of the molecule is Oc1c(-c2cc(Br)c3cc(Cl)ccc3c2O)cc(Br)c2cc(Cl)ccc12. The lowest BCUT2D eigenvalue weighted by Crippen LogP contribution is -1.87. The molecule has 0 saturated carbocycles. The van der Waals surface area contributed by atoms with Crippen LogP contribution in [0, 0.1) is 0 Å². The lowest BCUT2D eigenvalue weighted by molar-refractivity contribution is 0.475. The minimum Gasteiger partial charge on any atom is -0.507 e. The lowest BCUT2D eigenvalue weighted by Gasteiger charge is -2.14.